The van der Waals surface area contributed by atoms with Crippen LogP contribution in [0.1, 0.15) is 50.4 Å². The van der Waals surface area contributed by atoms with E-state index in [0.717, 1.165) is 19.3 Å². The zero-order chi connectivity index (χ0) is 14.5. The van der Waals surface area contributed by atoms with Gasteiger partial charge in [-0.15, -0.1) is 0 Å². The Bertz CT molecular complexity index is 549. The van der Waals surface area contributed by atoms with E-state index < -0.39 is 0 Å². The summed E-state index contributed by atoms with van der Waals surface area (Å²) in [6.07, 6.45) is 3.24. The van der Waals surface area contributed by atoms with Crippen LogP contribution in [0.2, 0.25) is 0 Å². The number of ether oxygens (including phenoxy) is 1. The van der Waals surface area contributed by atoms with Crippen molar-refractivity contribution >= 4 is 5.97 Å². The second-order valence-electron chi connectivity index (χ2n) is 7.40. The van der Waals surface area contributed by atoms with E-state index in [1.54, 1.807) is 18.2 Å². The molecule has 3 heteroatoms. The number of aromatic hydroxyl groups is 1. The van der Waals surface area contributed by atoms with E-state index >= 15 is 0 Å². The normalized spacial score (nSPS) is 34.1. The summed E-state index contributed by atoms with van der Waals surface area (Å²) in [5.74, 6) is 0.423. The van der Waals surface area contributed by atoms with Gasteiger partial charge in [0.15, 0.2) is 0 Å². The molecule has 0 spiro atoms. The zero-order valence-corrected chi connectivity index (χ0v) is 12.3. The fourth-order valence-corrected chi connectivity index (χ4v) is 4.31. The van der Waals surface area contributed by atoms with Gasteiger partial charge in [0.25, 0.3) is 0 Å². The molecule has 1 aromatic carbocycles. The van der Waals surface area contributed by atoms with Crippen molar-refractivity contribution in [1.29, 1.82) is 0 Å². The van der Waals surface area contributed by atoms with Gasteiger partial charge in [0.2, 0.25) is 0 Å². The van der Waals surface area contributed by atoms with Crippen LogP contribution in [0.15, 0.2) is 24.3 Å². The molecule has 108 valence electrons. The maximum absolute atomic E-state index is 12.2. The molecule has 3 nitrogen and oxygen atoms in total. The van der Waals surface area contributed by atoms with E-state index in [2.05, 4.69) is 20.8 Å². The minimum atomic E-state index is -0.322. The predicted octanol–water partition coefficient (Wildman–Crippen LogP) is 3.76. The summed E-state index contributed by atoms with van der Waals surface area (Å²) in [4.78, 5) is 12.2. The monoisotopic (exact) mass is 274 g/mol. The molecule has 2 aliphatic carbocycles. The van der Waals surface area contributed by atoms with Gasteiger partial charge >= 0.3 is 5.97 Å². The Morgan fingerprint density at radius 3 is 2.65 bits per heavy atom. The minimum absolute atomic E-state index is 0.00961. The number of fused-ring (bicyclic) bond motifs is 2. The molecule has 2 bridgehead atoms. The van der Waals surface area contributed by atoms with E-state index in [0.29, 0.717) is 16.9 Å². The predicted molar refractivity (Wildman–Crippen MR) is 76.5 cm³/mol. The summed E-state index contributed by atoms with van der Waals surface area (Å²) in [7, 11) is 0. The van der Waals surface area contributed by atoms with Gasteiger partial charge in [-0.2, -0.15) is 0 Å². The minimum Gasteiger partial charge on any atom is -0.508 e. The SMILES string of the molecule is CC1(C)C[C@]2(C)C[C@H]1C[C@@H]2OC(=O)c1cccc(O)c1. The number of carbonyl (C=O) groups is 1. The van der Waals surface area contributed by atoms with E-state index in [1.165, 1.54) is 6.07 Å². The third-order valence-electron chi connectivity index (χ3n) is 5.28. The molecule has 0 aliphatic heterocycles. The van der Waals surface area contributed by atoms with Gasteiger partial charge in [-0.3, -0.25) is 0 Å². The van der Waals surface area contributed by atoms with E-state index in [1.807, 2.05) is 0 Å². The summed E-state index contributed by atoms with van der Waals surface area (Å²) in [5.41, 5.74) is 0.902. The molecule has 20 heavy (non-hydrogen) atoms. The molecule has 3 rings (SSSR count). The first-order valence-corrected chi connectivity index (χ1v) is 7.30. The largest absolute Gasteiger partial charge is 0.508 e. The van der Waals surface area contributed by atoms with Crippen molar-refractivity contribution in [3.8, 4) is 5.75 Å². The van der Waals surface area contributed by atoms with Crippen molar-refractivity contribution in [2.75, 3.05) is 0 Å². The highest BCUT2D eigenvalue weighted by Gasteiger charge is 2.58. The van der Waals surface area contributed by atoms with Crippen molar-refractivity contribution < 1.29 is 14.6 Å². The topological polar surface area (TPSA) is 46.5 Å². The van der Waals surface area contributed by atoms with Gasteiger partial charge in [-0.1, -0.05) is 26.8 Å². The molecule has 1 aromatic rings. The van der Waals surface area contributed by atoms with Gasteiger partial charge in [0.05, 0.1) is 5.56 Å². The van der Waals surface area contributed by atoms with Crippen molar-refractivity contribution in [2.24, 2.45) is 16.7 Å². The van der Waals surface area contributed by atoms with Crippen LogP contribution >= 0.6 is 0 Å². The lowest BCUT2D eigenvalue weighted by Gasteiger charge is -2.38. The smallest absolute Gasteiger partial charge is 0.338 e. The average Bonchev–Trinajstić information content (AvgIpc) is 2.77. The molecule has 2 saturated carbocycles. The molecule has 2 fully saturated rings. The van der Waals surface area contributed by atoms with Crippen LogP contribution in [0.3, 0.4) is 0 Å². The molecule has 1 N–H and O–H groups in total. The van der Waals surface area contributed by atoms with Crippen LogP contribution in [-0.2, 0) is 4.74 Å². The molecule has 0 saturated heterocycles. The van der Waals surface area contributed by atoms with Crippen LogP contribution < -0.4 is 0 Å². The Hall–Kier alpha value is -1.51. The third kappa shape index (κ3) is 2.09. The van der Waals surface area contributed by atoms with E-state index in [4.69, 9.17) is 4.74 Å². The first-order chi connectivity index (χ1) is 9.30. The lowest BCUT2D eigenvalue weighted by atomic mass is 9.71. The van der Waals surface area contributed by atoms with Crippen LogP contribution in [0.5, 0.6) is 5.75 Å². The Morgan fingerprint density at radius 2 is 2.10 bits per heavy atom. The van der Waals surface area contributed by atoms with Crippen molar-refractivity contribution in [3.05, 3.63) is 29.8 Å². The van der Waals surface area contributed by atoms with Gasteiger partial charge in [0.1, 0.15) is 11.9 Å². The highest BCUT2D eigenvalue weighted by Crippen LogP contribution is 2.63. The number of phenols is 1. The Morgan fingerprint density at radius 1 is 1.35 bits per heavy atom. The molecule has 0 unspecified atom stereocenters. The van der Waals surface area contributed by atoms with Crippen LogP contribution in [0.25, 0.3) is 0 Å². The standard InChI is InChI=1S/C17H22O3/c1-16(2)10-17(3)9-12(16)8-14(17)20-15(19)11-5-4-6-13(18)7-11/h4-7,12,14,18H,8-10H2,1-3H3/t12-,14+,17+/m1/s1. The summed E-state index contributed by atoms with van der Waals surface area (Å²) >= 11 is 0. The number of hydrogen-bond donors (Lipinski definition) is 1. The molecule has 3 atom stereocenters. The summed E-state index contributed by atoms with van der Waals surface area (Å²) in [5, 5.41) is 9.44. The highest BCUT2D eigenvalue weighted by atomic mass is 16.5. The van der Waals surface area contributed by atoms with Crippen LogP contribution in [-0.4, -0.2) is 17.2 Å². The maximum atomic E-state index is 12.2. The molecule has 0 aromatic heterocycles. The van der Waals surface area contributed by atoms with E-state index in [9.17, 15) is 9.90 Å². The number of esters is 1. The van der Waals surface area contributed by atoms with Gasteiger partial charge in [-0.05, 0) is 48.8 Å². The van der Waals surface area contributed by atoms with Crippen LogP contribution in [0, 0.1) is 16.7 Å². The van der Waals surface area contributed by atoms with Crippen LogP contribution in [0.4, 0.5) is 0 Å². The molecule has 0 radical (unpaired) electrons. The summed E-state index contributed by atoms with van der Waals surface area (Å²) in [6, 6.07) is 6.36. The number of carbonyl (C=O) groups excluding carboxylic acids is 1. The summed E-state index contributed by atoms with van der Waals surface area (Å²) in [6.45, 7) is 6.87. The quantitative estimate of drug-likeness (QED) is 0.835. The lowest BCUT2D eigenvalue weighted by molar-refractivity contribution is -0.0221. The summed E-state index contributed by atoms with van der Waals surface area (Å²) < 4.78 is 5.73. The number of rotatable bonds is 2. The fourth-order valence-electron chi connectivity index (χ4n) is 4.31. The number of hydrogen-bond acceptors (Lipinski definition) is 3. The molecular weight excluding hydrogens is 252 g/mol. The van der Waals surface area contributed by atoms with Gasteiger partial charge in [0, 0.05) is 5.41 Å². The lowest BCUT2D eigenvalue weighted by Crippen LogP contribution is -2.37. The zero-order valence-electron chi connectivity index (χ0n) is 12.3. The number of benzene rings is 1. The van der Waals surface area contributed by atoms with Crippen molar-refractivity contribution in [3.63, 3.8) is 0 Å². The van der Waals surface area contributed by atoms with E-state index in [-0.39, 0.29) is 23.2 Å². The first kappa shape index (κ1) is 13.5. The van der Waals surface area contributed by atoms with Crippen molar-refractivity contribution in [1.82, 2.24) is 0 Å². The third-order valence-corrected chi connectivity index (χ3v) is 5.28. The average molecular weight is 274 g/mol. The van der Waals surface area contributed by atoms with Crippen molar-refractivity contribution in [2.45, 2.75) is 46.1 Å². The number of phenolic OH excluding ortho intramolecular Hbond substituents is 1. The van der Waals surface area contributed by atoms with Gasteiger partial charge in [-0.25, -0.2) is 4.79 Å². The Kier molecular flexibility index (Phi) is 2.86. The molecule has 0 heterocycles. The Labute approximate surface area is 120 Å². The second kappa shape index (κ2) is 4.24. The second-order valence-corrected chi connectivity index (χ2v) is 7.40. The molecule has 0 amide bonds. The maximum Gasteiger partial charge on any atom is 0.338 e. The molecular formula is C17H22O3. The highest BCUT2D eigenvalue weighted by molar-refractivity contribution is 5.90. The fraction of sp³-hybridized carbons (Fsp3) is 0.588. The first-order valence-electron chi connectivity index (χ1n) is 7.30. The van der Waals surface area contributed by atoms with Gasteiger partial charge < -0.3 is 9.84 Å². The Balaban J connectivity index is 1.73. The molecule has 2 aliphatic rings.